The zero-order valence-electron chi connectivity index (χ0n) is 10.3. The Morgan fingerprint density at radius 3 is 2.53 bits per heavy atom. The van der Waals surface area contributed by atoms with E-state index in [2.05, 4.69) is 6.92 Å². The fourth-order valence-corrected chi connectivity index (χ4v) is 4.17. The van der Waals surface area contributed by atoms with Gasteiger partial charge in [-0.15, -0.1) is 0 Å². The predicted molar refractivity (Wildman–Crippen MR) is 75.9 cm³/mol. The standard InChI is InChI=1S/C13H20O2S2/c1-3-7-12(14)13(16-2)10-17(15)11-8-5-4-6-9-11/h4-6,8-9,12-14H,3,7,10H2,1-2H3/t12-,13+,17+/m1/s1. The molecule has 4 heteroatoms. The average molecular weight is 272 g/mol. The van der Waals surface area contributed by atoms with Gasteiger partial charge in [-0.25, -0.2) is 0 Å². The molecule has 0 radical (unpaired) electrons. The highest BCUT2D eigenvalue weighted by Crippen LogP contribution is 2.19. The molecule has 1 rings (SSSR count). The SMILES string of the molecule is CCC[C@@H](O)[C@H](C[S@](=O)c1ccccc1)SC. The third-order valence-electron chi connectivity index (χ3n) is 2.64. The van der Waals surface area contributed by atoms with Crippen molar-refractivity contribution < 1.29 is 9.32 Å². The van der Waals surface area contributed by atoms with Crippen LogP contribution in [0, 0.1) is 0 Å². The van der Waals surface area contributed by atoms with Gasteiger partial charge in [0, 0.05) is 15.9 Å². The van der Waals surface area contributed by atoms with Gasteiger partial charge in [0.2, 0.25) is 0 Å². The van der Waals surface area contributed by atoms with Crippen LogP contribution in [0.4, 0.5) is 0 Å². The molecule has 0 spiro atoms. The summed E-state index contributed by atoms with van der Waals surface area (Å²) in [7, 11) is -1.02. The minimum Gasteiger partial charge on any atom is -0.392 e. The molecule has 0 amide bonds. The lowest BCUT2D eigenvalue weighted by Gasteiger charge is -2.20. The molecule has 0 unspecified atom stereocenters. The van der Waals surface area contributed by atoms with E-state index in [4.69, 9.17) is 0 Å². The van der Waals surface area contributed by atoms with Crippen molar-refractivity contribution in [2.75, 3.05) is 12.0 Å². The van der Waals surface area contributed by atoms with E-state index in [1.54, 1.807) is 11.8 Å². The van der Waals surface area contributed by atoms with E-state index in [9.17, 15) is 9.32 Å². The summed E-state index contributed by atoms with van der Waals surface area (Å²) in [4.78, 5) is 0.843. The molecule has 0 aromatic heterocycles. The second-order valence-electron chi connectivity index (χ2n) is 3.96. The van der Waals surface area contributed by atoms with Gasteiger partial charge in [0.25, 0.3) is 0 Å². The second kappa shape index (κ2) is 7.90. The summed E-state index contributed by atoms with van der Waals surface area (Å²) in [6.07, 6.45) is 3.34. The summed E-state index contributed by atoms with van der Waals surface area (Å²) in [6.45, 7) is 2.05. The quantitative estimate of drug-likeness (QED) is 0.829. The van der Waals surface area contributed by atoms with Crippen molar-refractivity contribution >= 4 is 22.6 Å². The largest absolute Gasteiger partial charge is 0.392 e. The Hall–Kier alpha value is -0.320. The highest BCUT2D eigenvalue weighted by molar-refractivity contribution is 8.00. The van der Waals surface area contributed by atoms with Crippen LogP contribution in [0.1, 0.15) is 19.8 Å². The highest BCUT2D eigenvalue weighted by Gasteiger charge is 2.20. The van der Waals surface area contributed by atoms with E-state index in [-0.39, 0.29) is 11.4 Å². The number of rotatable bonds is 7. The molecule has 0 aliphatic carbocycles. The summed E-state index contributed by atoms with van der Waals surface area (Å²) >= 11 is 1.60. The highest BCUT2D eigenvalue weighted by atomic mass is 32.2. The van der Waals surface area contributed by atoms with Crippen LogP contribution in [0.25, 0.3) is 0 Å². The maximum absolute atomic E-state index is 12.1. The van der Waals surface area contributed by atoms with Gasteiger partial charge < -0.3 is 5.11 Å². The first kappa shape index (κ1) is 14.7. The molecule has 17 heavy (non-hydrogen) atoms. The molecule has 0 saturated heterocycles. The molecule has 0 heterocycles. The van der Waals surface area contributed by atoms with Gasteiger partial charge in [0.05, 0.1) is 16.9 Å². The van der Waals surface area contributed by atoms with Gasteiger partial charge in [0.1, 0.15) is 0 Å². The molecular weight excluding hydrogens is 252 g/mol. The topological polar surface area (TPSA) is 37.3 Å². The lowest BCUT2D eigenvalue weighted by atomic mass is 10.1. The fraction of sp³-hybridized carbons (Fsp3) is 0.538. The molecule has 0 saturated carbocycles. The van der Waals surface area contributed by atoms with E-state index in [0.717, 1.165) is 17.7 Å². The maximum Gasteiger partial charge on any atom is 0.0667 e. The van der Waals surface area contributed by atoms with Crippen LogP contribution in [0.2, 0.25) is 0 Å². The zero-order chi connectivity index (χ0) is 12.7. The number of benzene rings is 1. The predicted octanol–water partition coefficient (Wildman–Crippen LogP) is 2.69. The van der Waals surface area contributed by atoms with Crippen LogP contribution >= 0.6 is 11.8 Å². The third-order valence-corrected chi connectivity index (χ3v) is 5.40. The van der Waals surface area contributed by atoms with E-state index in [1.165, 1.54) is 0 Å². The van der Waals surface area contributed by atoms with Crippen molar-refractivity contribution in [3.05, 3.63) is 30.3 Å². The smallest absolute Gasteiger partial charge is 0.0667 e. The minimum atomic E-state index is -1.02. The van der Waals surface area contributed by atoms with E-state index in [1.807, 2.05) is 36.6 Å². The van der Waals surface area contributed by atoms with E-state index in [0.29, 0.717) is 5.75 Å². The molecule has 0 fully saturated rings. The van der Waals surface area contributed by atoms with Crippen molar-refractivity contribution in [1.29, 1.82) is 0 Å². The Morgan fingerprint density at radius 2 is 2.00 bits per heavy atom. The minimum absolute atomic E-state index is 0.0518. The van der Waals surface area contributed by atoms with Gasteiger partial charge in [-0.05, 0) is 24.8 Å². The van der Waals surface area contributed by atoms with Crippen molar-refractivity contribution in [1.82, 2.24) is 0 Å². The van der Waals surface area contributed by atoms with Crippen molar-refractivity contribution in [2.24, 2.45) is 0 Å². The Morgan fingerprint density at radius 1 is 1.35 bits per heavy atom. The van der Waals surface area contributed by atoms with Crippen LogP contribution in [0.15, 0.2) is 35.2 Å². The van der Waals surface area contributed by atoms with Crippen molar-refractivity contribution in [3.63, 3.8) is 0 Å². The monoisotopic (exact) mass is 272 g/mol. The molecule has 0 aliphatic heterocycles. The first-order valence-electron chi connectivity index (χ1n) is 5.83. The molecule has 3 atom stereocenters. The van der Waals surface area contributed by atoms with Crippen LogP contribution < -0.4 is 0 Å². The molecule has 96 valence electrons. The zero-order valence-corrected chi connectivity index (χ0v) is 12.0. The molecule has 1 aromatic carbocycles. The van der Waals surface area contributed by atoms with E-state index >= 15 is 0 Å². The number of aliphatic hydroxyl groups is 1. The van der Waals surface area contributed by atoms with Crippen LogP contribution in [-0.4, -0.2) is 32.7 Å². The number of hydrogen-bond acceptors (Lipinski definition) is 3. The number of aliphatic hydroxyl groups excluding tert-OH is 1. The number of hydrogen-bond donors (Lipinski definition) is 1. The van der Waals surface area contributed by atoms with Gasteiger partial charge in [-0.1, -0.05) is 31.5 Å². The molecule has 1 N–H and O–H groups in total. The Balaban J connectivity index is 2.60. The van der Waals surface area contributed by atoms with Crippen molar-refractivity contribution in [3.8, 4) is 0 Å². The normalized spacial score (nSPS) is 16.4. The Bertz CT molecular complexity index is 341. The first-order valence-corrected chi connectivity index (χ1v) is 8.44. The molecule has 0 bridgehead atoms. The summed E-state index contributed by atoms with van der Waals surface area (Å²) in [5.74, 6) is 0.520. The number of thioether (sulfide) groups is 1. The van der Waals surface area contributed by atoms with Crippen LogP contribution in [0.5, 0.6) is 0 Å². The van der Waals surface area contributed by atoms with Crippen molar-refractivity contribution in [2.45, 2.75) is 36.0 Å². The summed E-state index contributed by atoms with van der Waals surface area (Å²) < 4.78 is 12.1. The first-order chi connectivity index (χ1) is 8.19. The molecule has 1 aromatic rings. The molecule has 0 aliphatic rings. The molecular formula is C13H20O2S2. The van der Waals surface area contributed by atoms with E-state index < -0.39 is 10.8 Å². The van der Waals surface area contributed by atoms with Gasteiger partial charge in [-0.3, -0.25) is 4.21 Å². The fourth-order valence-electron chi connectivity index (χ4n) is 1.64. The maximum atomic E-state index is 12.1. The van der Waals surface area contributed by atoms with Crippen LogP contribution in [0.3, 0.4) is 0 Å². The van der Waals surface area contributed by atoms with Gasteiger partial charge >= 0.3 is 0 Å². The average Bonchev–Trinajstić information content (AvgIpc) is 2.37. The Kier molecular flexibility index (Phi) is 6.85. The van der Waals surface area contributed by atoms with Gasteiger partial charge in [-0.2, -0.15) is 11.8 Å². The lowest BCUT2D eigenvalue weighted by Crippen LogP contribution is -2.28. The Labute approximate surface area is 110 Å². The van der Waals surface area contributed by atoms with Crippen LogP contribution in [-0.2, 0) is 10.8 Å². The molecule has 2 nitrogen and oxygen atoms in total. The lowest BCUT2D eigenvalue weighted by molar-refractivity contribution is 0.166. The third kappa shape index (κ3) is 4.82. The summed E-state index contributed by atoms with van der Waals surface area (Å²) in [5.41, 5.74) is 0. The second-order valence-corrected chi connectivity index (χ2v) is 6.53. The summed E-state index contributed by atoms with van der Waals surface area (Å²) in [5, 5.41) is 10.0. The van der Waals surface area contributed by atoms with Gasteiger partial charge in [0.15, 0.2) is 0 Å². The summed E-state index contributed by atoms with van der Waals surface area (Å²) in [6, 6.07) is 9.45.